The number of carbonyl (C=O) groups is 7. The number of aliphatic hydroxyl groups is 1. The second-order valence-electron chi connectivity index (χ2n) is 18.9. The number of carbonyl (C=O) groups excluding carboxylic acids is 7. The minimum Gasteiger partial charge on any atom is -0.379 e. The van der Waals surface area contributed by atoms with Crippen molar-refractivity contribution in [3.8, 4) is 0 Å². The molecule has 1 aliphatic carbocycles. The van der Waals surface area contributed by atoms with Gasteiger partial charge in [0.2, 0.25) is 53.7 Å². The molecule has 30 heteroatoms. The zero-order valence-electron chi connectivity index (χ0n) is 44.9. The predicted octanol–water partition coefficient (Wildman–Crippen LogP) is -1.46. The van der Waals surface area contributed by atoms with Crippen LogP contribution in [0.15, 0.2) is 81.0 Å². The van der Waals surface area contributed by atoms with Crippen LogP contribution in [-0.2, 0) is 68.3 Å². The quantitative estimate of drug-likeness (QED) is 0.0269. The van der Waals surface area contributed by atoms with Crippen LogP contribution in [0.5, 0.6) is 0 Å². The lowest BCUT2D eigenvalue weighted by atomic mass is 9.92. The summed E-state index contributed by atoms with van der Waals surface area (Å²) in [5.41, 5.74) is -0.574. The molecule has 0 saturated carbocycles. The first-order valence-electron chi connectivity index (χ1n) is 25.7. The summed E-state index contributed by atoms with van der Waals surface area (Å²) < 4.78 is 87.3. The average molecular weight is 1190 g/mol. The molecule has 2 aromatic rings. The van der Waals surface area contributed by atoms with E-state index < -0.39 is 59.6 Å². The molecule has 0 saturated heterocycles. The third kappa shape index (κ3) is 26.9. The summed E-state index contributed by atoms with van der Waals surface area (Å²) in [7, 11) is -11.7. The molecule has 80 heavy (non-hydrogen) atoms. The van der Waals surface area contributed by atoms with Gasteiger partial charge < -0.3 is 56.0 Å². The van der Waals surface area contributed by atoms with Crippen molar-refractivity contribution in [2.75, 3.05) is 78.9 Å². The van der Waals surface area contributed by atoms with Crippen LogP contribution in [0, 0.1) is 5.92 Å². The Hall–Kier alpha value is -6.06. The number of allylic oxidation sites excluding steroid dienone is 3. The minimum atomic E-state index is -3.92. The molecule has 3 rings (SSSR count). The van der Waals surface area contributed by atoms with Crippen molar-refractivity contribution in [3.63, 3.8) is 0 Å². The first-order chi connectivity index (χ1) is 37.7. The Morgan fingerprint density at radius 3 is 1.44 bits per heavy atom. The van der Waals surface area contributed by atoms with Gasteiger partial charge in [0.1, 0.15) is 17.6 Å². The van der Waals surface area contributed by atoms with Crippen LogP contribution in [0.1, 0.15) is 98.8 Å². The number of aliphatic hydroxyl groups excluding tert-OH is 1. The highest BCUT2D eigenvalue weighted by atomic mass is 32.2. The number of ether oxygens (including phenoxy) is 3. The van der Waals surface area contributed by atoms with Crippen LogP contribution in [-0.4, -0.2) is 162 Å². The van der Waals surface area contributed by atoms with Gasteiger partial charge in [0.15, 0.2) is 0 Å². The number of nitrogens with one attached hydrogen (secondary N) is 7. The fourth-order valence-corrected chi connectivity index (χ4v) is 9.30. The molecule has 27 nitrogen and oxygen atoms in total. The Morgan fingerprint density at radius 1 is 0.562 bits per heavy atom. The number of hydrogen-bond acceptors (Lipinski definition) is 18. The van der Waals surface area contributed by atoms with Crippen LogP contribution in [0.4, 0.5) is 0 Å². The van der Waals surface area contributed by atoms with E-state index in [-0.39, 0.29) is 179 Å². The van der Waals surface area contributed by atoms with E-state index in [0.717, 1.165) is 0 Å². The Balaban J connectivity index is 1.55. The Morgan fingerprint density at radius 2 is 1.00 bits per heavy atom. The molecule has 0 aromatic heterocycles. The largest absolute Gasteiger partial charge is 0.379 e. The normalized spacial score (nSPS) is 14.8. The van der Waals surface area contributed by atoms with Crippen LogP contribution in [0.3, 0.4) is 0 Å². The van der Waals surface area contributed by atoms with Gasteiger partial charge in [0, 0.05) is 81.5 Å². The van der Waals surface area contributed by atoms with E-state index in [0.29, 0.717) is 24.8 Å². The monoisotopic (exact) mass is 1180 g/mol. The van der Waals surface area contributed by atoms with Crippen molar-refractivity contribution in [2.45, 2.75) is 99.6 Å². The summed E-state index contributed by atoms with van der Waals surface area (Å²) in [5, 5.41) is 45.5. The van der Waals surface area contributed by atoms with E-state index >= 15 is 0 Å². The van der Waals surface area contributed by atoms with Gasteiger partial charge in [-0.3, -0.25) is 34.1 Å². The van der Waals surface area contributed by atoms with E-state index in [2.05, 4.69) is 37.2 Å². The number of amides is 6. The van der Waals surface area contributed by atoms with E-state index in [1.165, 1.54) is 67.6 Å². The van der Waals surface area contributed by atoms with Gasteiger partial charge in [-0.15, -0.1) is 0 Å². The van der Waals surface area contributed by atoms with Gasteiger partial charge in [-0.2, -0.15) is 0 Å². The molecule has 0 radical (unpaired) electrons. The Kier molecular flexibility index (Phi) is 29.2. The number of Topliss-reactive ketones (excluding diaryl/α,β-unsaturated/α-hetero) is 1. The molecule has 3 unspecified atom stereocenters. The van der Waals surface area contributed by atoms with Gasteiger partial charge in [-0.05, 0) is 106 Å². The molecule has 3 atom stereocenters. The zero-order valence-corrected chi connectivity index (χ0v) is 47.4. The first kappa shape index (κ1) is 68.2. The van der Waals surface area contributed by atoms with Crippen molar-refractivity contribution in [1.82, 2.24) is 37.2 Å². The van der Waals surface area contributed by atoms with Crippen molar-refractivity contribution in [1.29, 1.82) is 0 Å². The van der Waals surface area contributed by atoms with Crippen LogP contribution in [0.2, 0.25) is 0 Å². The number of sulfonamides is 3. The fraction of sp³-hybridized carbons (Fsp3) is 0.540. The highest BCUT2D eigenvalue weighted by molar-refractivity contribution is 7.93. The van der Waals surface area contributed by atoms with E-state index in [1.807, 2.05) is 0 Å². The average Bonchev–Trinajstić information content (AvgIpc) is 3.43. The molecule has 14 N–H and O–H groups in total. The second kappa shape index (κ2) is 34.3. The maximum atomic E-state index is 13.4. The second-order valence-corrected chi connectivity index (χ2v) is 23.6. The summed E-state index contributed by atoms with van der Waals surface area (Å²) in [6.07, 6.45) is 3.14. The van der Waals surface area contributed by atoms with Gasteiger partial charge in [-0.1, -0.05) is 13.0 Å². The topological polar surface area (TPSA) is 432 Å². The first-order valence-corrected chi connectivity index (χ1v) is 30.4. The molecule has 1 aliphatic rings. The molecule has 446 valence electrons. The van der Waals surface area contributed by atoms with Crippen LogP contribution in [0.25, 0.3) is 0 Å². The number of rotatable bonds is 39. The lowest BCUT2D eigenvalue weighted by molar-refractivity contribution is -0.130. The number of primary sulfonamides is 3. The molecule has 2 aromatic carbocycles. The summed E-state index contributed by atoms with van der Waals surface area (Å²) >= 11 is 0. The lowest BCUT2D eigenvalue weighted by Crippen LogP contribution is -2.58. The Bertz CT molecular complexity index is 2820. The maximum absolute atomic E-state index is 13.4. The number of ketones is 1. The summed E-state index contributed by atoms with van der Waals surface area (Å²) in [6, 6.07) is 10.2. The third-order valence-corrected chi connectivity index (χ3v) is 14.8. The highest BCUT2D eigenvalue weighted by Gasteiger charge is 2.34. The van der Waals surface area contributed by atoms with Gasteiger partial charge >= 0.3 is 0 Å². The van der Waals surface area contributed by atoms with Gasteiger partial charge in [-0.25, -0.2) is 40.7 Å². The molecule has 0 spiro atoms. The fourth-order valence-electron chi connectivity index (χ4n) is 7.53. The summed E-state index contributed by atoms with van der Waals surface area (Å²) in [6.45, 7) is 3.43. The standard InChI is InChI=1S/C50H76N10O17S3/c1-35-31-41(80(53,73)74)17-18-42(35)49(68)59-27-6-24-56-45(64)21-30-77-34-50(60-46(65)8-3-7-36(2)61,32-75-28-19-43(62)54-22-4-25-57-47(66)37-9-13-39(14-10-37)78(51,69)70)33-76-29-20-44(63)55-23-5-26-58-48(67)38-11-15-40(16-12-38)79(52,71)72/h9-18,35,43,54,62H,3-8,19-34H2,1-2H3,(H,55,63)(H,56,64)(H,57,66)(H,58,67)(H,59,68)(H,60,65)(H2,51,69,70)(H2,52,71,72)(H2,53,73,74). The molecular weight excluding hydrogens is 1110 g/mol. The maximum Gasteiger partial charge on any atom is 0.251 e. The lowest BCUT2D eigenvalue weighted by Gasteiger charge is -2.34. The SMILES string of the molecule is CC(=O)CCCC(=O)NC(COCCC(=O)NCCCNC(=O)C1=CC=C(S(N)(=O)=O)CC1C)(COCCC(=O)NCCCNC(=O)c1ccc(S(N)(=O)=O)cc1)COCCC(O)NCCCNC(=O)c1ccc(S(N)(=O)=O)cc1. The molecule has 0 heterocycles. The molecule has 0 bridgehead atoms. The van der Waals surface area contributed by atoms with E-state index in [4.69, 9.17) is 29.6 Å². The molecule has 0 fully saturated rings. The van der Waals surface area contributed by atoms with Crippen LogP contribution >= 0.6 is 0 Å². The predicted molar refractivity (Wildman–Crippen MR) is 292 cm³/mol. The number of benzene rings is 2. The van der Waals surface area contributed by atoms with Crippen molar-refractivity contribution >= 4 is 71.3 Å². The van der Waals surface area contributed by atoms with E-state index in [1.54, 1.807) is 6.92 Å². The smallest absolute Gasteiger partial charge is 0.251 e. The van der Waals surface area contributed by atoms with Crippen LogP contribution < -0.4 is 52.6 Å². The molecule has 6 amide bonds. The van der Waals surface area contributed by atoms with Gasteiger partial charge in [0.05, 0.1) is 54.3 Å². The number of nitrogens with two attached hydrogens (primary N) is 3. The number of hydrogen-bond donors (Lipinski definition) is 11. The van der Waals surface area contributed by atoms with Crippen molar-refractivity contribution < 1.29 is 78.1 Å². The zero-order chi connectivity index (χ0) is 59.4. The molecular formula is C50H76N10O17S3. The van der Waals surface area contributed by atoms with Gasteiger partial charge in [0.25, 0.3) is 11.8 Å². The Labute approximate surface area is 466 Å². The summed E-state index contributed by atoms with van der Waals surface area (Å²) in [4.78, 5) is 88.1. The van der Waals surface area contributed by atoms with Crippen molar-refractivity contribution in [2.24, 2.45) is 21.3 Å². The third-order valence-electron chi connectivity index (χ3n) is 11.9. The van der Waals surface area contributed by atoms with Crippen molar-refractivity contribution in [3.05, 3.63) is 82.3 Å². The van der Waals surface area contributed by atoms with E-state index in [9.17, 15) is 63.9 Å². The summed E-state index contributed by atoms with van der Waals surface area (Å²) in [5.74, 6) is -2.99. The molecule has 0 aliphatic heterocycles. The highest BCUT2D eigenvalue weighted by Crippen LogP contribution is 2.27. The minimum absolute atomic E-state index is 0.0358.